The molecule has 0 atom stereocenters. The largest absolute Gasteiger partial charge is 0.462 e. The Bertz CT molecular complexity index is 204. The molecular formula is C12H20O2. The molecule has 0 saturated heterocycles. The lowest BCUT2D eigenvalue weighted by molar-refractivity contribution is -0.138. The second-order valence-electron chi connectivity index (χ2n) is 3.32. The zero-order valence-electron chi connectivity index (χ0n) is 9.21. The summed E-state index contributed by atoms with van der Waals surface area (Å²) in [5.41, 5.74) is 0.458. The third kappa shape index (κ3) is 7.59. The van der Waals surface area contributed by atoms with Gasteiger partial charge < -0.3 is 4.74 Å². The zero-order valence-corrected chi connectivity index (χ0v) is 9.21. The number of esters is 1. The molecule has 0 aliphatic carbocycles. The molecule has 14 heavy (non-hydrogen) atoms. The Hall–Kier alpha value is -1.05. The van der Waals surface area contributed by atoms with E-state index < -0.39 is 0 Å². The fourth-order valence-electron chi connectivity index (χ4n) is 0.901. The molecule has 0 bridgehead atoms. The van der Waals surface area contributed by atoms with Gasteiger partial charge in [-0.1, -0.05) is 38.5 Å². The van der Waals surface area contributed by atoms with Crippen LogP contribution in [0.25, 0.3) is 0 Å². The second-order valence-corrected chi connectivity index (χ2v) is 3.32. The first-order chi connectivity index (χ1) is 6.68. The molecule has 0 aromatic rings. The predicted molar refractivity (Wildman–Crippen MR) is 59.1 cm³/mol. The fourth-order valence-corrected chi connectivity index (χ4v) is 0.901. The molecule has 0 aliphatic rings. The van der Waals surface area contributed by atoms with Gasteiger partial charge in [-0.05, 0) is 19.8 Å². The van der Waals surface area contributed by atoms with Gasteiger partial charge in [0, 0.05) is 5.57 Å². The minimum Gasteiger partial charge on any atom is -0.462 e. The van der Waals surface area contributed by atoms with Crippen LogP contribution in [-0.4, -0.2) is 12.6 Å². The normalized spacial score (nSPS) is 10.4. The molecule has 0 saturated carbocycles. The van der Waals surface area contributed by atoms with Gasteiger partial charge in [-0.15, -0.1) is 0 Å². The van der Waals surface area contributed by atoms with E-state index in [0.29, 0.717) is 12.2 Å². The van der Waals surface area contributed by atoms with Gasteiger partial charge >= 0.3 is 5.97 Å². The number of unbranched alkanes of at least 4 members (excludes halogenated alkanes) is 2. The number of rotatable bonds is 7. The van der Waals surface area contributed by atoms with Crippen LogP contribution in [0, 0.1) is 0 Å². The fraction of sp³-hybridized carbons (Fsp3) is 0.583. The maximum absolute atomic E-state index is 10.9. The molecule has 0 fully saturated rings. The number of carbonyl (C=O) groups is 1. The molecular weight excluding hydrogens is 176 g/mol. The van der Waals surface area contributed by atoms with Crippen LogP contribution in [0.3, 0.4) is 0 Å². The Kier molecular flexibility index (Phi) is 7.90. The first-order valence-corrected chi connectivity index (χ1v) is 5.16. The third-order valence-corrected chi connectivity index (χ3v) is 1.76. The lowest BCUT2D eigenvalue weighted by Crippen LogP contribution is -2.05. The third-order valence-electron chi connectivity index (χ3n) is 1.76. The van der Waals surface area contributed by atoms with E-state index in [2.05, 4.69) is 25.7 Å². The van der Waals surface area contributed by atoms with Crippen molar-refractivity contribution in [2.24, 2.45) is 0 Å². The zero-order chi connectivity index (χ0) is 10.8. The standard InChI is InChI=1S/C12H20O2/c1-4-5-6-7-8-9-10-14-12(13)11(2)3/h7-8H,2,4-6,9-10H2,1,3H3/b8-7+. The summed E-state index contributed by atoms with van der Waals surface area (Å²) in [5, 5.41) is 0. The first kappa shape index (κ1) is 12.9. The Balaban J connectivity index is 3.33. The maximum Gasteiger partial charge on any atom is 0.333 e. The van der Waals surface area contributed by atoms with Crippen LogP contribution in [0.4, 0.5) is 0 Å². The van der Waals surface area contributed by atoms with Crippen molar-refractivity contribution in [2.75, 3.05) is 6.61 Å². The summed E-state index contributed by atoms with van der Waals surface area (Å²) < 4.78 is 4.92. The molecule has 0 spiro atoms. The van der Waals surface area contributed by atoms with Crippen LogP contribution in [0.1, 0.15) is 39.5 Å². The van der Waals surface area contributed by atoms with Crippen molar-refractivity contribution in [1.82, 2.24) is 0 Å². The van der Waals surface area contributed by atoms with Crippen LogP contribution in [-0.2, 0) is 9.53 Å². The smallest absolute Gasteiger partial charge is 0.333 e. The van der Waals surface area contributed by atoms with Crippen LogP contribution < -0.4 is 0 Å². The van der Waals surface area contributed by atoms with Gasteiger partial charge in [-0.3, -0.25) is 0 Å². The minimum atomic E-state index is -0.299. The highest BCUT2D eigenvalue weighted by Gasteiger charge is 2.00. The summed E-state index contributed by atoms with van der Waals surface area (Å²) in [6.07, 6.45) is 8.55. The summed E-state index contributed by atoms with van der Waals surface area (Å²) in [4.78, 5) is 10.9. The second kappa shape index (κ2) is 8.54. The molecule has 0 radical (unpaired) electrons. The Morgan fingerprint density at radius 3 is 2.57 bits per heavy atom. The lowest BCUT2D eigenvalue weighted by Gasteiger charge is -2.00. The van der Waals surface area contributed by atoms with Gasteiger partial charge in [0.25, 0.3) is 0 Å². The molecule has 0 amide bonds. The maximum atomic E-state index is 10.9. The SMILES string of the molecule is C=C(C)C(=O)OCC/C=C/CCCC. The van der Waals surface area contributed by atoms with E-state index >= 15 is 0 Å². The van der Waals surface area contributed by atoms with Gasteiger partial charge in [0.05, 0.1) is 6.61 Å². The number of hydrogen-bond donors (Lipinski definition) is 0. The molecule has 80 valence electrons. The quantitative estimate of drug-likeness (QED) is 0.270. The first-order valence-electron chi connectivity index (χ1n) is 5.16. The average Bonchev–Trinajstić information content (AvgIpc) is 2.16. The van der Waals surface area contributed by atoms with E-state index in [4.69, 9.17) is 4.74 Å². The number of allylic oxidation sites excluding steroid dienone is 1. The monoisotopic (exact) mass is 196 g/mol. The van der Waals surface area contributed by atoms with E-state index in [1.807, 2.05) is 0 Å². The van der Waals surface area contributed by atoms with E-state index in [1.165, 1.54) is 12.8 Å². The van der Waals surface area contributed by atoms with Gasteiger partial charge in [-0.2, -0.15) is 0 Å². The highest BCUT2D eigenvalue weighted by Crippen LogP contribution is 1.97. The van der Waals surface area contributed by atoms with Crippen molar-refractivity contribution in [1.29, 1.82) is 0 Å². The van der Waals surface area contributed by atoms with Crippen molar-refractivity contribution in [3.8, 4) is 0 Å². The van der Waals surface area contributed by atoms with E-state index in [-0.39, 0.29) is 5.97 Å². The summed E-state index contributed by atoms with van der Waals surface area (Å²) in [5.74, 6) is -0.299. The van der Waals surface area contributed by atoms with Crippen molar-refractivity contribution >= 4 is 5.97 Å². The van der Waals surface area contributed by atoms with Crippen LogP contribution in [0.5, 0.6) is 0 Å². The highest BCUT2D eigenvalue weighted by atomic mass is 16.5. The molecule has 2 nitrogen and oxygen atoms in total. The summed E-state index contributed by atoms with van der Waals surface area (Å²) in [7, 11) is 0. The van der Waals surface area contributed by atoms with Crippen molar-refractivity contribution in [3.05, 3.63) is 24.3 Å². The highest BCUT2D eigenvalue weighted by molar-refractivity contribution is 5.86. The van der Waals surface area contributed by atoms with Crippen LogP contribution in [0.15, 0.2) is 24.3 Å². The number of hydrogen-bond acceptors (Lipinski definition) is 2. The summed E-state index contributed by atoms with van der Waals surface area (Å²) >= 11 is 0. The number of ether oxygens (including phenoxy) is 1. The van der Waals surface area contributed by atoms with Crippen molar-refractivity contribution < 1.29 is 9.53 Å². The topological polar surface area (TPSA) is 26.3 Å². The van der Waals surface area contributed by atoms with Crippen molar-refractivity contribution in [2.45, 2.75) is 39.5 Å². The van der Waals surface area contributed by atoms with Gasteiger partial charge in [-0.25, -0.2) is 4.79 Å². The van der Waals surface area contributed by atoms with Gasteiger partial charge in [0.2, 0.25) is 0 Å². The predicted octanol–water partition coefficient (Wildman–Crippen LogP) is 3.24. The van der Waals surface area contributed by atoms with Crippen LogP contribution in [0.2, 0.25) is 0 Å². The molecule has 0 unspecified atom stereocenters. The molecule has 0 rings (SSSR count). The van der Waals surface area contributed by atoms with E-state index in [1.54, 1.807) is 6.92 Å². The lowest BCUT2D eigenvalue weighted by atomic mass is 10.2. The Morgan fingerprint density at radius 2 is 2.00 bits per heavy atom. The van der Waals surface area contributed by atoms with E-state index in [9.17, 15) is 4.79 Å². The molecule has 0 heterocycles. The Labute approximate surface area is 86.6 Å². The Morgan fingerprint density at radius 1 is 1.36 bits per heavy atom. The average molecular weight is 196 g/mol. The van der Waals surface area contributed by atoms with Gasteiger partial charge in [0.15, 0.2) is 0 Å². The molecule has 2 heteroatoms. The summed E-state index contributed by atoms with van der Waals surface area (Å²) in [6, 6.07) is 0. The molecule has 0 aromatic heterocycles. The van der Waals surface area contributed by atoms with E-state index in [0.717, 1.165) is 12.8 Å². The molecule has 0 aromatic carbocycles. The minimum absolute atomic E-state index is 0.299. The number of carbonyl (C=O) groups excluding carboxylic acids is 1. The molecule has 0 aliphatic heterocycles. The van der Waals surface area contributed by atoms with Crippen LogP contribution >= 0.6 is 0 Å². The van der Waals surface area contributed by atoms with Crippen molar-refractivity contribution in [3.63, 3.8) is 0 Å². The van der Waals surface area contributed by atoms with Gasteiger partial charge in [0.1, 0.15) is 0 Å². The molecule has 0 N–H and O–H groups in total. The summed E-state index contributed by atoms with van der Waals surface area (Å²) in [6.45, 7) is 7.78.